The molecule has 0 N–H and O–H groups in total. The Balaban J connectivity index is 2.09. The predicted octanol–water partition coefficient (Wildman–Crippen LogP) is 5.53. The molecule has 0 spiro atoms. The van der Waals surface area contributed by atoms with Gasteiger partial charge in [0.05, 0.1) is 33.7 Å². The van der Waals surface area contributed by atoms with Crippen LogP contribution in [0.1, 0.15) is 23.7 Å². The predicted molar refractivity (Wildman–Crippen MR) is 139 cm³/mol. The van der Waals surface area contributed by atoms with Gasteiger partial charge in [-0.25, -0.2) is 17.2 Å². The number of nitro benzene ring substituents is 1. The van der Waals surface area contributed by atoms with Crippen molar-refractivity contribution in [2.45, 2.75) is 11.8 Å². The zero-order valence-electron chi connectivity index (χ0n) is 19.5. The minimum absolute atomic E-state index is 0.0762. The lowest BCUT2D eigenvalue weighted by Gasteiger charge is -2.11. The minimum atomic E-state index is -4.09. The van der Waals surface area contributed by atoms with Crippen LogP contribution in [0.15, 0.2) is 89.8 Å². The molecule has 0 bridgehead atoms. The molecular formula is C27H22N2O6S. The maximum atomic E-state index is 13.9. The maximum Gasteiger partial charge on any atom is 0.330 e. The van der Waals surface area contributed by atoms with Crippen LogP contribution < -0.4 is 0 Å². The number of allylic oxidation sites excluding steroid dienone is 1. The third-order valence-corrected chi connectivity index (χ3v) is 7.37. The van der Waals surface area contributed by atoms with E-state index >= 15 is 0 Å². The molecule has 0 radical (unpaired) electrons. The van der Waals surface area contributed by atoms with Crippen molar-refractivity contribution in [2.24, 2.45) is 0 Å². The van der Waals surface area contributed by atoms with E-state index in [0.29, 0.717) is 27.6 Å². The number of benzene rings is 3. The number of nitrogens with zero attached hydrogens (tertiary/aromatic N) is 2. The third kappa shape index (κ3) is 4.56. The van der Waals surface area contributed by atoms with Crippen molar-refractivity contribution in [1.82, 2.24) is 3.97 Å². The number of nitro groups is 1. The number of aromatic nitrogens is 1. The summed E-state index contributed by atoms with van der Waals surface area (Å²) >= 11 is 0. The molecule has 3 aromatic carbocycles. The Kier molecular flexibility index (Phi) is 6.84. The summed E-state index contributed by atoms with van der Waals surface area (Å²) in [7, 11) is -2.83. The van der Waals surface area contributed by atoms with Crippen LogP contribution in [0.4, 0.5) is 5.69 Å². The summed E-state index contributed by atoms with van der Waals surface area (Å²) in [5.41, 5.74) is 1.79. The Bertz CT molecular complexity index is 1630. The van der Waals surface area contributed by atoms with Gasteiger partial charge in [-0.1, -0.05) is 48.5 Å². The van der Waals surface area contributed by atoms with Crippen LogP contribution in [-0.4, -0.2) is 30.4 Å². The number of methoxy groups -OCH3 is 1. The molecule has 182 valence electrons. The number of hydrogen-bond acceptors (Lipinski definition) is 6. The zero-order chi connectivity index (χ0) is 25.9. The molecule has 1 aromatic heterocycles. The molecule has 9 heteroatoms. The lowest BCUT2D eigenvalue weighted by Crippen LogP contribution is -2.14. The number of carbonyl (C=O) groups is 1. The van der Waals surface area contributed by atoms with E-state index in [0.717, 1.165) is 0 Å². The second-order valence-electron chi connectivity index (χ2n) is 7.86. The first kappa shape index (κ1) is 24.6. The summed E-state index contributed by atoms with van der Waals surface area (Å²) in [5, 5.41) is 12.1. The minimum Gasteiger partial charge on any atom is -0.466 e. The Morgan fingerprint density at radius 1 is 0.944 bits per heavy atom. The summed E-state index contributed by atoms with van der Waals surface area (Å²) < 4.78 is 33.7. The van der Waals surface area contributed by atoms with Gasteiger partial charge in [0.2, 0.25) is 0 Å². The highest BCUT2D eigenvalue weighted by Gasteiger charge is 2.26. The van der Waals surface area contributed by atoms with E-state index < -0.39 is 20.9 Å². The standard InChI is InChI=1S/C27H22N2O6S/c1-19(18-26(30)35-2)27-22-13-7-9-15-24(22)28(36(33,34)21-11-4-3-5-12-21)25(27)17-16-20-10-6-8-14-23(20)29(31)32/h3-18H,1-2H3/b17-16+,19-18+. The fourth-order valence-electron chi connectivity index (χ4n) is 4.03. The molecule has 0 saturated heterocycles. The lowest BCUT2D eigenvalue weighted by molar-refractivity contribution is -0.385. The molecule has 4 aromatic rings. The molecule has 0 aliphatic carbocycles. The average molecular weight is 503 g/mol. The molecule has 0 saturated carbocycles. The lowest BCUT2D eigenvalue weighted by atomic mass is 10.0. The number of fused-ring (bicyclic) bond motifs is 1. The molecular weight excluding hydrogens is 480 g/mol. The molecule has 4 rings (SSSR count). The quantitative estimate of drug-likeness (QED) is 0.142. The Labute approximate surface area is 208 Å². The monoisotopic (exact) mass is 502 g/mol. The van der Waals surface area contributed by atoms with Crippen molar-refractivity contribution in [1.29, 1.82) is 0 Å². The fraction of sp³-hybridized carbons (Fsp3) is 0.0741. The molecule has 0 unspecified atom stereocenters. The van der Waals surface area contributed by atoms with E-state index in [4.69, 9.17) is 4.74 Å². The Hall–Kier alpha value is -4.50. The van der Waals surface area contributed by atoms with E-state index in [2.05, 4.69) is 0 Å². The van der Waals surface area contributed by atoms with Gasteiger partial charge in [-0.2, -0.15) is 0 Å². The molecule has 36 heavy (non-hydrogen) atoms. The van der Waals surface area contributed by atoms with Gasteiger partial charge in [-0.05, 0) is 48.9 Å². The summed E-state index contributed by atoms with van der Waals surface area (Å²) in [5.74, 6) is -0.594. The summed E-state index contributed by atoms with van der Waals surface area (Å²) in [6, 6.07) is 21.1. The van der Waals surface area contributed by atoms with Crippen molar-refractivity contribution in [2.75, 3.05) is 7.11 Å². The van der Waals surface area contributed by atoms with Gasteiger partial charge in [-0.3, -0.25) is 10.1 Å². The van der Waals surface area contributed by atoms with Crippen LogP contribution in [0, 0.1) is 10.1 Å². The molecule has 8 nitrogen and oxygen atoms in total. The highest BCUT2D eigenvalue weighted by atomic mass is 32.2. The fourth-order valence-corrected chi connectivity index (χ4v) is 5.57. The Morgan fingerprint density at radius 2 is 1.58 bits per heavy atom. The molecule has 1 heterocycles. The molecule has 0 aliphatic rings. The van der Waals surface area contributed by atoms with Crippen LogP contribution in [0.2, 0.25) is 0 Å². The number of rotatable bonds is 7. The van der Waals surface area contributed by atoms with E-state index in [-0.39, 0.29) is 16.3 Å². The summed E-state index contributed by atoms with van der Waals surface area (Å²) in [4.78, 5) is 23.2. The molecule has 0 atom stereocenters. The van der Waals surface area contributed by atoms with E-state index in [1.54, 1.807) is 67.6 Å². The normalized spacial score (nSPS) is 12.2. The topological polar surface area (TPSA) is 109 Å². The van der Waals surface area contributed by atoms with Crippen LogP contribution in [0.25, 0.3) is 28.6 Å². The van der Waals surface area contributed by atoms with Gasteiger partial charge >= 0.3 is 5.97 Å². The maximum absolute atomic E-state index is 13.9. The van der Waals surface area contributed by atoms with Crippen LogP contribution >= 0.6 is 0 Å². The number of hydrogen-bond donors (Lipinski definition) is 0. The third-order valence-electron chi connectivity index (χ3n) is 5.63. The van der Waals surface area contributed by atoms with Crippen molar-refractivity contribution in [3.05, 3.63) is 112 Å². The largest absolute Gasteiger partial charge is 0.466 e. The highest BCUT2D eigenvalue weighted by Crippen LogP contribution is 2.36. The first-order valence-electron chi connectivity index (χ1n) is 10.9. The van der Waals surface area contributed by atoms with Crippen LogP contribution in [0.5, 0.6) is 0 Å². The first-order chi connectivity index (χ1) is 17.3. The van der Waals surface area contributed by atoms with Gasteiger partial charge in [0.1, 0.15) is 0 Å². The highest BCUT2D eigenvalue weighted by molar-refractivity contribution is 7.90. The number of para-hydroxylation sites is 2. The number of carbonyl (C=O) groups excluding carboxylic acids is 1. The molecule has 0 fully saturated rings. The van der Waals surface area contributed by atoms with E-state index in [1.165, 1.54) is 47.5 Å². The van der Waals surface area contributed by atoms with E-state index in [1.807, 2.05) is 0 Å². The molecule has 0 amide bonds. The number of esters is 1. The van der Waals surface area contributed by atoms with Gasteiger partial charge in [0, 0.05) is 23.1 Å². The zero-order valence-corrected chi connectivity index (χ0v) is 20.3. The Morgan fingerprint density at radius 3 is 2.28 bits per heavy atom. The SMILES string of the molecule is COC(=O)/C=C(\C)c1c(/C=C/c2ccccc2[N+](=O)[O-])n(S(=O)(=O)c2ccccc2)c2ccccc12. The van der Waals surface area contributed by atoms with Gasteiger partial charge in [-0.15, -0.1) is 0 Å². The number of ether oxygens (including phenoxy) is 1. The van der Waals surface area contributed by atoms with E-state index in [9.17, 15) is 23.3 Å². The van der Waals surface area contributed by atoms with Crippen molar-refractivity contribution in [3.8, 4) is 0 Å². The first-order valence-corrected chi connectivity index (χ1v) is 12.3. The second-order valence-corrected chi connectivity index (χ2v) is 9.65. The summed E-state index contributed by atoms with van der Waals surface area (Å²) in [6.07, 6.45) is 4.30. The van der Waals surface area contributed by atoms with Crippen molar-refractivity contribution >= 4 is 50.3 Å². The van der Waals surface area contributed by atoms with Gasteiger partial charge < -0.3 is 4.74 Å². The van der Waals surface area contributed by atoms with Gasteiger partial charge in [0.25, 0.3) is 15.7 Å². The average Bonchev–Trinajstić information content (AvgIpc) is 3.23. The van der Waals surface area contributed by atoms with Crippen LogP contribution in [-0.2, 0) is 19.6 Å². The molecule has 0 aliphatic heterocycles. The second kappa shape index (κ2) is 10.0. The van der Waals surface area contributed by atoms with Crippen molar-refractivity contribution in [3.63, 3.8) is 0 Å². The van der Waals surface area contributed by atoms with Crippen molar-refractivity contribution < 1.29 is 22.9 Å². The van der Waals surface area contributed by atoms with Gasteiger partial charge in [0.15, 0.2) is 0 Å². The summed E-state index contributed by atoms with van der Waals surface area (Å²) in [6.45, 7) is 1.68. The van der Waals surface area contributed by atoms with Crippen LogP contribution in [0.3, 0.4) is 0 Å². The smallest absolute Gasteiger partial charge is 0.330 e.